The summed E-state index contributed by atoms with van der Waals surface area (Å²) in [6, 6.07) is 4.73. The lowest BCUT2D eigenvalue weighted by atomic mass is 9.97. The molecule has 0 aromatic carbocycles. The highest BCUT2D eigenvalue weighted by molar-refractivity contribution is 7.89. The van der Waals surface area contributed by atoms with Gasteiger partial charge in [-0.15, -0.1) is 0 Å². The number of hydrogen-bond donors (Lipinski definition) is 2. The Morgan fingerprint density at radius 1 is 1.59 bits per heavy atom. The van der Waals surface area contributed by atoms with Crippen molar-refractivity contribution < 1.29 is 13.5 Å². The molecule has 0 aliphatic heterocycles. The monoisotopic (exact) mass is 255 g/mol. The van der Waals surface area contributed by atoms with E-state index in [9.17, 15) is 13.5 Å². The summed E-state index contributed by atoms with van der Waals surface area (Å²) >= 11 is 0. The number of nitriles is 1. The second-order valence-electron chi connectivity index (χ2n) is 3.92. The van der Waals surface area contributed by atoms with Gasteiger partial charge in [0.15, 0.2) is 0 Å². The molecule has 0 aliphatic carbocycles. The van der Waals surface area contributed by atoms with Gasteiger partial charge in [0.2, 0.25) is 10.0 Å². The average molecular weight is 255 g/mol. The quantitative estimate of drug-likeness (QED) is 0.778. The minimum Gasteiger partial charge on any atom is -0.382 e. The summed E-state index contributed by atoms with van der Waals surface area (Å²) in [5.74, 6) is 0. The van der Waals surface area contributed by atoms with E-state index in [0.717, 1.165) is 0 Å². The van der Waals surface area contributed by atoms with Gasteiger partial charge in [0.25, 0.3) is 0 Å². The molecule has 92 valence electrons. The molecule has 2 atom stereocenters. The predicted octanol–water partition coefficient (Wildman–Crippen LogP) is -0.162. The Morgan fingerprint density at radius 2 is 2.18 bits per heavy atom. The molecular weight excluding hydrogens is 242 g/mol. The minimum atomic E-state index is -3.88. The lowest BCUT2D eigenvalue weighted by Crippen LogP contribution is -2.43. The smallest absolute Gasteiger partial charge is 0.214 e. The van der Waals surface area contributed by atoms with E-state index in [2.05, 4.69) is 4.98 Å². The fourth-order valence-electron chi connectivity index (χ4n) is 1.29. The molecule has 0 amide bonds. The number of primary sulfonamides is 1. The van der Waals surface area contributed by atoms with Crippen LogP contribution in [0.4, 0.5) is 0 Å². The molecule has 6 nitrogen and oxygen atoms in total. The first-order valence-corrected chi connectivity index (χ1v) is 6.41. The van der Waals surface area contributed by atoms with Gasteiger partial charge in [-0.1, -0.05) is 0 Å². The van der Waals surface area contributed by atoms with E-state index in [-0.39, 0.29) is 5.69 Å². The number of nitrogens with two attached hydrogens (primary N) is 1. The molecule has 0 unspecified atom stereocenters. The molecule has 3 N–H and O–H groups in total. The molecule has 17 heavy (non-hydrogen) atoms. The van der Waals surface area contributed by atoms with Crippen LogP contribution < -0.4 is 5.14 Å². The lowest BCUT2D eigenvalue weighted by molar-refractivity contribution is 0.0519. The topological polar surface area (TPSA) is 117 Å². The number of rotatable bonds is 3. The Kier molecular flexibility index (Phi) is 3.52. The number of aliphatic hydroxyl groups is 1. The molecule has 0 aliphatic rings. The fraction of sp³-hybridized carbons (Fsp3) is 0.400. The number of hydrogen-bond acceptors (Lipinski definition) is 5. The van der Waals surface area contributed by atoms with Crippen LogP contribution in [0.25, 0.3) is 0 Å². The third-order valence-electron chi connectivity index (χ3n) is 2.70. The van der Waals surface area contributed by atoms with Crippen LogP contribution in [-0.2, 0) is 15.6 Å². The Bertz CT molecular complexity index is 543. The second kappa shape index (κ2) is 4.41. The van der Waals surface area contributed by atoms with Crippen LogP contribution in [0.1, 0.15) is 25.1 Å². The van der Waals surface area contributed by atoms with E-state index in [1.165, 1.54) is 32.2 Å². The first-order chi connectivity index (χ1) is 7.69. The van der Waals surface area contributed by atoms with E-state index in [0.29, 0.717) is 5.56 Å². The van der Waals surface area contributed by atoms with Crippen molar-refractivity contribution in [3.05, 3.63) is 29.6 Å². The van der Waals surface area contributed by atoms with Gasteiger partial charge in [-0.05, 0) is 26.0 Å². The third kappa shape index (κ3) is 2.79. The van der Waals surface area contributed by atoms with Crippen molar-refractivity contribution in [1.82, 2.24) is 4.98 Å². The Balaban J connectivity index is 3.18. The minimum absolute atomic E-state index is 0.151. The predicted molar refractivity (Wildman–Crippen MR) is 61.1 cm³/mol. The number of sulfonamides is 1. The summed E-state index contributed by atoms with van der Waals surface area (Å²) in [6.07, 6.45) is 1.26. The van der Waals surface area contributed by atoms with Gasteiger partial charge in [0.05, 0.1) is 11.3 Å². The molecule has 0 saturated heterocycles. The zero-order chi connectivity index (χ0) is 13.3. The Hall–Kier alpha value is -1.49. The van der Waals surface area contributed by atoms with E-state index < -0.39 is 20.9 Å². The summed E-state index contributed by atoms with van der Waals surface area (Å²) in [4.78, 5) is 3.86. The van der Waals surface area contributed by atoms with E-state index in [1.54, 1.807) is 0 Å². The van der Waals surface area contributed by atoms with Gasteiger partial charge in [-0.2, -0.15) is 5.26 Å². The van der Waals surface area contributed by atoms with Crippen molar-refractivity contribution in [2.75, 3.05) is 0 Å². The van der Waals surface area contributed by atoms with Crippen molar-refractivity contribution in [2.45, 2.75) is 24.7 Å². The van der Waals surface area contributed by atoms with Gasteiger partial charge >= 0.3 is 0 Å². The largest absolute Gasteiger partial charge is 0.382 e. The maximum atomic E-state index is 11.2. The summed E-state index contributed by atoms with van der Waals surface area (Å²) < 4.78 is 22.4. The SMILES string of the molecule is C[C@@H]([C@@](C)(O)c1ccc(C#N)cn1)S(N)(=O)=O. The highest BCUT2D eigenvalue weighted by atomic mass is 32.2. The standard InChI is InChI=1S/C10H13N3O3S/c1-7(17(12,15)16)10(2,14)9-4-3-8(5-11)6-13-9/h3-4,6-7,14H,1-2H3,(H2,12,15,16)/t7-,10+/m0/s1. The highest BCUT2D eigenvalue weighted by Crippen LogP contribution is 2.26. The van der Waals surface area contributed by atoms with E-state index in [1.807, 2.05) is 6.07 Å². The Labute approximate surface area is 99.8 Å². The average Bonchev–Trinajstić information content (AvgIpc) is 2.27. The summed E-state index contributed by atoms with van der Waals surface area (Å²) in [7, 11) is -3.88. The van der Waals surface area contributed by atoms with Gasteiger partial charge < -0.3 is 5.11 Å². The molecule has 1 rings (SSSR count). The van der Waals surface area contributed by atoms with Crippen LogP contribution in [0, 0.1) is 11.3 Å². The summed E-state index contributed by atoms with van der Waals surface area (Å²) in [5.41, 5.74) is -1.23. The van der Waals surface area contributed by atoms with Crippen LogP contribution in [0.15, 0.2) is 18.3 Å². The van der Waals surface area contributed by atoms with Gasteiger partial charge in [-0.25, -0.2) is 13.6 Å². The fourth-order valence-corrected chi connectivity index (χ4v) is 2.05. The van der Waals surface area contributed by atoms with Crippen LogP contribution in [0.2, 0.25) is 0 Å². The van der Waals surface area contributed by atoms with E-state index in [4.69, 9.17) is 10.4 Å². The Morgan fingerprint density at radius 3 is 2.53 bits per heavy atom. The van der Waals surface area contributed by atoms with Crippen molar-refractivity contribution in [3.63, 3.8) is 0 Å². The van der Waals surface area contributed by atoms with Crippen molar-refractivity contribution in [1.29, 1.82) is 5.26 Å². The number of nitrogens with zero attached hydrogens (tertiary/aromatic N) is 2. The maximum Gasteiger partial charge on any atom is 0.214 e. The number of aromatic nitrogens is 1. The van der Waals surface area contributed by atoms with Crippen LogP contribution in [-0.4, -0.2) is 23.8 Å². The molecule has 0 spiro atoms. The molecule has 0 saturated carbocycles. The van der Waals surface area contributed by atoms with E-state index >= 15 is 0 Å². The van der Waals surface area contributed by atoms with Gasteiger partial charge in [0, 0.05) is 6.20 Å². The number of pyridine rings is 1. The summed E-state index contributed by atoms with van der Waals surface area (Å²) in [5, 5.41) is 22.5. The second-order valence-corrected chi connectivity index (χ2v) is 5.81. The third-order valence-corrected chi connectivity index (χ3v) is 4.14. The van der Waals surface area contributed by atoms with Crippen molar-refractivity contribution in [2.24, 2.45) is 5.14 Å². The molecule has 1 aromatic heterocycles. The molecular formula is C10H13N3O3S. The van der Waals surface area contributed by atoms with Crippen LogP contribution in [0.3, 0.4) is 0 Å². The first-order valence-electron chi connectivity index (χ1n) is 4.80. The molecule has 1 aromatic rings. The molecule has 0 radical (unpaired) electrons. The molecule has 0 bridgehead atoms. The molecule has 0 fully saturated rings. The maximum absolute atomic E-state index is 11.2. The van der Waals surface area contributed by atoms with Gasteiger partial charge in [0.1, 0.15) is 16.9 Å². The zero-order valence-electron chi connectivity index (χ0n) is 9.45. The van der Waals surface area contributed by atoms with Crippen molar-refractivity contribution in [3.8, 4) is 6.07 Å². The van der Waals surface area contributed by atoms with Gasteiger partial charge in [-0.3, -0.25) is 4.98 Å². The van der Waals surface area contributed by atoms with Crippen molar-refractivity contribution >= 4 is 10.0 Å². The summed E-state index contributed by atoms with van der Waals surface area (Å²) in [6.45, 7) is 2.62. The molecule has 7 heteroatoms. The first kappa shape index (κ1) is 13.6. The van der Waals surface area contributed by atoms with Crippen LogP contribution >= 0.6 is 0 Å². The lowest BCUT2D eigenvalue weighted by Gasteiger charge is -2.27. The van der Waals surface area contributed by atoms with Crippen LogP contribution in [0.5, 0.6) is 0 Å². The highest BCUT2D eigenvalue weighted by Gasteiger charge is 2.38. The zero-order valence-corrected chi connectivity index (χ0v) is 10.3. The normalized spacial score (nSPS) is 16.9. The molecule has 1 heterocycles.